The van der Waals surface area contributed by atoms with Crippen molar-refractivity contribution in [2.24, 2.45) is 0 Å². The van der Waals surface area contributed by atoms with Gasteiger partial charge in [-0.25, -0.2) is 0 Å². The van der Waals surface area contributed by atoms with E-state index in [1.165, 1.54) is 16.7 Å². The third-order valence-corrected chi connectivity index (χ3v) is 2.45. The Morgan fingerprint density at radius 3 is 2.92 bits per heavy atom. The van der Waals surface area contributed by atoms with Crippen LogP contribution in [0.3, 0.4) is 0 Å². The van der Waals surface area contributed by atoms with Crippen LogP contribution in [0.15, 0.2) is 42.0 Å². The average molecular weight is 170 g/mol. The highest BCUT2D eigenvalue weighted by molar-refractivity contribution is 5.63. The number of rotatable bonds is 2. The van der Waals surface area contributed by atoms with E-state index in [0.29, 0.717) is 0 Å². The zero-order valence-corrected chi connectivity index (χ0v) is 7.96. The molecule has 0 fully saturated rings. The molecule has 0 amide bonds. The summed E-state index contributed by atoms with van der Waals surface area (Å²) in [5.41, 5.74) is 4.41. The van der Waals surface area contributed by atoms with Crippen LogP contribution in [0.1, 0.15) is 24.5 Å². The van der Waals surface area contributed by atoms with Crippen LogP contribution in [0, 0.1) is 0 Å². The molecule has 1 aliphatic rings. The van der Waals surface area contributed by atoms with Crippen LogP contribution in [0.2, 0.25) is 0 Å². The summed E-state index contributed by atoms with van der Waals surface area (Å²) in [5.74, 6) is 0. The van der Waals surface area contributed by atoms with Gasteiger partial charge in [0.25, 0.3) is 0 Å². The fourth-order valence-corrected chi connectivity index (χ4v) is 1.75. The minimum Gasteiger partial charge on any atom is -0.0913 e. The molecular weight excluding hydrogens is 156 g/mol. The summed E-state index contributed by atoms with van der Waals surface area (Å²) in [6.07, 6.45) is 8.89. The Bertz CT molecular complexity index is 356. The van der Waals surface area contributed by atoms with E-state index in [2.05, 4.69) is 49.4 Å². The quantitative estimate of drug-likeness (QED) is 0.595. The summed E-state index contributed by atoms with van der Waals surface area (Å²) in [4.78, 5) is 0. The van der Waals surface area contributed by atoms with Crippen molar-refractivity contribution in [3.8, 4) is 0 Å². The fourth-order valence-electron chi connectivity index (χ4n) is 1.75. The number of hydrogen-bond donors (Lipinski definition) is 0. The van der Waals surface area contributed by atoms with Crippen LogP contribution >= 0.6 is 0 Å². The molecule has 0 bridgehead atoms. The highest BCUT2D eigenvalue weighted by Gasteiger charge is 2.09. The maximum absolute atomic E-state index is 2.31. The first-order valence-electron chi connectivity index (χ1n) is 4.78. The molecule has 2 rings (SSSR count). The Labute approximate surface area is 79.6 Å². The van der Waals surface area contributed by atoms with Gasteiger partial charge in [-0.1, -0.05) is 48.1 Å². The van der Waals surface area contributed by atoms with Gasteiger partial charge >= 0.3 is 0 Å². The van der Waals surface area contributed by atoms with Crippen LogP contribution in [0.5, 0.6) is 0 Å². The number of fused-ring (bicyclic) bond motifs is 1. The van der Waals surface area contributed by atoms with Gasteiger partial charge in [-0.05, 0) is 30.9 Å². The first-order valence-corrected chi connectivity index (χ1v) is 4.78. The molecule has 0 atom stereocenters. The van der Waals surface area contributed by atoms with Crippen molar-refractivity contribution < 1.29 is 0 Å². The second kappa shape index (κ2) is 3.61. The molecule has 0 aliphatic heterocycles. The maximum atomic E-state index is 2.31. The maximum Gasteiger partial charge on any atom is -0.00547 e. The van der Waals surface area contributed by atoms with E-state index >= 15 is 0 Å². The Morgan fingerprint density at radius 1 is 1.31 bits per heavy atom. The molecule has 0 aromatic heterocycles. The van der Waals surface area contributed by atoms with Gasteiger partial charge in [-0.2, -0.15) is 0 Å². The molecule has 0 nitrogen and oxygen atoms in total. The Balaban J connectivity index is 2.16. The molecule has 0 heterocycles. The summed E-state index contributed by atoms with van der Waals surface area (Å²) < 4.78 is 0. The van der Waals surface area contributed by atoms with Gasteiger partial charge in [0, 0.05) is 0 Å². The third-order valence-electron chi connectivity index (χ3n) is 2.45. The van der Waals surface area contributed by atoms with Gasteiger partial charge in [-0.3, -0.25) is 0 Å². The monoisotopic (exact) mass is 170 g/mol. The van der Waals surface area contributed by atoms with Gasteiger partial charge < -0.3 is 0 Å². The van der Waals surface area contributed by atoms with Crippen molar-refractivity contribution in [1.82, 2.24) is 0 Å². The molecule has 13 heavy (non-hydrogen) atoms. The van der Waals surface area contributed by atoms with Crippen molar-refractivity contribution in [3.63, 3.8) is 0 Å². The van der Waals surface area contributed by atoms with Gasteiger partial charge in [0.15, 0.2) is 0 Å². The van der Waals surface area contributed by atoms with Crippen LogP contribution in [0.4, 0.5) is 0 Å². The average Bonchev–Trinajstić information content (AvgIpc) is 2.57. The summed E-state index contributed by atoms with van der Waals surface area (Å²) in [6.45, 7) is 2.07. The Kier molecular flexibility index (Phi) is 2.31. The number of benzene rings is 1. The van der Waals surface area contributed by atoms with E-state index in [4.69, 9.17) is 0 Å². The molecule has 0 heteroatoms. The van der Waals surface area contributed by atoms with Gasteiger partial charge in [0.1, 0.15) is 0 Å². The summed E-state index contributed by atoms with van der Waals surface area (Å²) in [6, 6.07) is 8.63. The standard InChI is InChI=1S/C13H14/c1-2-3-6-11-9-12-7-4-5-8-13(12)10-11/h2-5,7-9H,6,10H2,1H3/b3-2-. The van der Waals surface area contributed by atoms with Gasteiger partial charge in [-0.15, -0.1) is 0 Å². The second-order valence-electron chi connectivity index (χ2n) is 3.45. The molecular formula is C13H14. The van der Waals surface area contributed by atoms with Crippen LogP contribution < -0.4 is 0 Å². The van der Waals surface area contributed by atoms with E-state index in [9.17, 15) is 0 Å². The summed E-state index contributed by atoms with van der Waals surface area (Å²) in [5, 5.41) is 0. The van der Waals surface area contributed by atoms with Crippen LogP contribution in [-0.4, -0.2) is 0 Å². The lowest BCUT2D eigenvalue weighted by molar-refractivity contribution is 1.11. The lowest BCUT2D eigenvalue weighted by Gasteiger charge is -1.96. The Morgan fingerprint density at radius 2 is 2.15 bits per heavy atom. The van der Waals surface area contributed by atoms with E-state index < -0.39 is 0 Å². The van der Waals surface area contributed by atoms with Crippen molar-refractivity contribution in [2.75, 3.05) is 0 Å². The molecule has 0 saturated carbocycles. The largest absolute Gasteiger partial charge is 0.0913 e. The van der Waals surface area contributed by atoms with E-state index in [0.717, 1.165) is 12.8 Å². The van der Waals surface area contributed by atoms with Crippen LogP contribution in [0.25, 0.3) is 6.08 Å². The molecule has 66 valence electrons. The lowest BCUT2D eigenvalue weighted by Crippen LogP contribution is -1.82. The zero-order chi connectivity index (χ0) is 9.10. The first kappa shape index (κ1) is 8.31. The highest BCUT2D eigenvalue weighted by atomic mass is 14.1. The van der Waals surface area contributed by atoms with Crippen molar-refractivity contribution in [3.05, 3.63) is 53.1 Å². The minimum absolute atomic E-state index is 1.10. The molecule has 1 aromatic carbocycles. The van der Waals surface area contributed by atoms with Crippen LogP contribution in [-0.2, 0) is 6.42 Å². The molecule has 0 N–H and O–H groups in total. The van der Waals surface area contributed by atoms with Gasteiger partial charge in [0.2, 0.25) is 0 Å². The zero-order valence-electron chi connectivity index (χ0n) is 7.96. The topological polar surface area (TPSA) is 0 Å². The van der Waals surface area contributed by atoms with E-state index in [-0.39, 0.29) is 0 Å². The number of hydrogen-bond acceptors (Lipinski definition) is 0. The Hall–Kier alpha value is -1.30. The van der Waals surface area contributed by atoms with Gasteiger partial charge in [0.05, 0.1) is 0 Å². The number of allylic oxidation sites excluding steroid dienone is 3. The molecule has 0 unspecified atom stereocenters. The molecule has 0 saturated heterocycles. The summed E-state index contributed by atoms with van der Waals surface area (Å²) in [7, 11) is 0. The van der Waals surface area contributed by atoms with Crippen molar-refractivity contribution in [2.45, 2.75) is 19.8 Å². The highest BCUT2D eigenvalue weighted by Crippen LogP contribution is 2.26. The fraction of sp³-hybridized carbons (Fsp3) is 0.231. The SMILES string of the molecule is C/C=C\CC1=Cc2ccccc2C1. The second-order valence-corrected chi connectivity index (χ2v) is 3.45. The van der Waals surface area contributed by atoms with Crippen molar-refractivity contribution in [1.29, 1.82) is 0 Å². The predicted octanol–water partition coefficient (Wildman–Crippen LogP) is 3.59. The van der Waals surface area contributed by atoms with Crippen molar-refractivity contribution >= 4 is 6.08 Å². The first-order chi connectivity index (χ1) is 6.40. The molecule has 0 spiro atoms. The molecule has 0 radical (unpaired) electrons. The summed E-state index contributed by atoms with van der Waals surface area (Å²) >= 11 is 0. The minimum atomic E-state index is 1.10. The van der Waals surface area contributed by atoms with E-state index in [1.54, 1.807) is 0 Å². The lowest BCUT2D eigenvalue weighted by atomic mass is 10.1. The predicted molar refractivity (Wildman–Crippen MR) is 57.6 cm³/mol. The third kappa shape index (κ3) is 1.72. The van der Waals surface area contributed by atoms with E-state index in [1.807, 2.05) is 0 Å². The normalized spacial score (nSPS) is 14.7. The molecule has 1 aromatic rings. The molecule has 1 aliphatic carbocycles. The smallest absolute Gasteiger partial charge is 0.00547 e.